The van der Waals surface area contributed by atoms with Crippen LogP contribution in [0.15, 0.2) is 24.3 Å². The number of ether oxygens (including phenoxy) is 2. The van der Waals surface area contributed by atoms with Crippen LogP contribution in [0.5, 0.6) is 0 Å². The summed E-state index contributed by atoms with van der Waals surface area (Å²) in [6.07, 6.45) is -0.746. The molecule has 2 aliphatic rings. The third kappa shape index (κ3) is 9.52. The molecule has 2 fully saturated rings. The number of non-ortho nitro benzene ring substituents is 1. The van der Waals surface area contributed by atoms with Crippen molar-refractivity contribution in [2.24, 2.45) is 0 Å². The summed E-state index contributed by atoms with van der Waals surface area (Å²) >= 11 is 0. The zero-order valence-electron chi connectivity index (χ0n) is 20.1. The molecule has 33 heavy (non-hydrogen) atoms. The van der Waals surface area contributed by atoms with E-state index in [9.17, 15) is 19.7 Å². The first kappa shape index (κ1) is 26.2. The summed E-state index contributed by atoms with van der Waals surface area (Å²) in [6, 6.07) is 6.66. The number of carbonyl (C=O) groups excluding carboxylic acids is 2. The number of amides is 2. The topological polar surface area (TPSA) is 135 Å². The van der Waals surface area contributed by atoms with Gasteiger partial charge in [0.05, 0.1) is 17.0 Å². The first-order chi connectivity index (χ1) is 15.2. The van der Waals surface area contributed by atoms with Crippen molar-refractivity contribution in [3.8, 4) is 0 Å². The van der Waals surface area contributed by atoms with Gasteiger partial charge in [0.15, 0.2) is 0 Å². The SMILES string of the molecule is CC(C)(C)OC(=O)NC1CN(c2ccc([N+](=O)[O-])cc2)C1.CC(C)(C)OC(=O)NC1CNC1. The maximum Gasteiger partial charge on any atom is 0.407 e. The summed E-state index contributed by atoms with van der Waals surface area (Å²) < 4.78 is 10.2. The Morgan fingerprint density at radius 3 is 1.76 bits per heavy atom. The molecule has 1 aromatic carbocycles. The van der Waals surface area contributed by atoms with Crippen LogP contribution in [0.1, 0.15) is 41.5 Å². The minimum absolute atomic E-state index is 0.0371. The van der Waals surface area contributed by atoms with Gasteiger partial charge in [-0.15, -0.1) is 0 Å². The van der Waals surface area contributed by atoms with Crippen LogP contribution < -0.4 is 20.9 Å². The van der Waals surface area contributed by atoms with E-state index in [0.29, 0.717) is 13.1 Å². The smallest absolute Gasteiger partial charge is 0.407 e. The van der Waals surface area contributed by atoms with Gasteiger partial charge in [-0.1, -0.05) is 0 Å². The first-order valence-electron chi connectivity index (χ1n) is 10.9. The molecule has 2 amide bonds. The van der Waals surface area contributed by atoms with E-state index in [1.807, 2.05) is 46.4 Å². The summed E-state index contributed by atoms with van der Waals surface area (Å²) in [6.45, 7) is 14.0. The van der Waals surface area contributed by atoms with Gasteiger partial charge in [-0.05, 0) is 53.7 Å². The highest BCUT2D eigenvalue weighted by Crippen LogP contribution is 2.23. The molecule has 2 saturated heterocycles. The monoisotopic (exact) mass is 465 g/mol. The van der Waals surface area contributed by atoms with Gasteiger partial charge in [-0.3, -0.25) is 10.1 Å². The number of nitrogens with one attached hydrogen (secondary N) is 3. The lowest BCUT2D eigenvalue weighted by atomic mass is 10.1. The number of alkyl carbamates (subject to hydrolysis) is 2. The van der Waals surface area contributed by atoms with Crippen LogP contribution in [-0.2, 0) is 9.47 Å². The quantitative estimate of drug-likeness (QED) is 0.456. The zero-order chi connectivity index (χ0) is 24.8. The molecule has 1 aromatic rings. The summed E-state index contributed by atoms with van der Waals surface area (Å²) in [7, 11) is 0. The van der Waals surface area contributed by atoms with Crippen LogP contribution in [0.2, 0.25) is 0 Å². The third-order valence-corrected chi connectivity index (χ3v) is 4.53. The molecule has 0 spiro atoms. The van der Waals surface area contributed by atoms with Gasteiger partial charge in [0.2, 0.25) is 0 Å². The van der Waals surface area contributed by atoms with E-state index in [1.54, 1.807) is 12.1 Å². The molecule has 0 atom stereocenters. The molecule has 0 bridgehead atoms. The molecule has 0 aromatic heterocycles. The molecule has 0 aliphatic carbocycles. The normalized spacial score (nSPS) is 16.4. The van der Waals surface area contributed by atoms with Gasteiger partial charge < -0.3 is 30.3 Å². The Balaban J connectivity index is 0.000000273. The summed E-state index contributed by atoms with van der Waals surface area (Å²) in [5, 5.41) is 19.2. The van der Waals surface area contributed by atoms with Gasteiger partial charge in [0.1, 0.15) is 11.2 Å². The minimum atomic E-state index is -0.508. The Bertz CT molecular complexity index is 821. The number of hydrogen-bond donors (Lipinski definition) is 3. The van der Waals surface area contributed by atoms with E-state index >= 15 is 0 Å². The fourth-order valence-electron chi connectivity index (χ4n) is 2.91. The highest BCUT2D eigenvalue weighted by molar-refractivity contribution is 5.69. The van der Waals surface area contributed by atoms with Crippen molar-refractivity contribution in [2.75, 3.05) is 31.1 Å². The van der Waals surface area contributed by atoms with Crippen LogP contribution in [0.25, 0.3) is 0 Å². The molecule has 11 nitrogen and oxygen atoms in total. The Labute approximate surface area is 194 Å². The Kier molecular flexibility index (Phi) is 8.48. The molecule has 2 heterocycles. The first-order valence-corrected chi connectivity index (χ1v) is 10.9. The van der Waals surface area contributed by atoms with Crippen molar-refractivity contribution >= 4 is 23.6 Å². The van der Waals surface area contributed by atoms with Crippen molar-refractivity contribution < 1.29 is 24.0 Å². The fourth-order valence-corrected chi connectivity index (χ4v) is 2.91. The Morgan fingerprint density at radius 1 is 0.939 bits per heavy atom. The number of hydrogen-bond acceptors (Lipinski definition) is 8. The van der Waals surface area contributed by atoms with Crippen LogP contribution in [-0.4, -0.2) is 66.6 Å². The Morgan fingerprint density at radius 2 is 1.39 bits per heavy atom. The van der Waals surface area contributed by atoms with Gasteiger partial charge in [-0.25, -0.2) is 9.59 Å². The summed E-state index contributed by atoms with van der Waals surface area (Å²) in [4.78, 5) is 34.9. The molecule has 3 N–H and O–H groups in total. The van der Waals surface area contributed by atoms with E-state index in [1.165, 1.54) is 12.1 Å². The van der Waals surface area contributed by atoms with E-state index < -0.39 is 22.2 Å². The highest BCUT2D eigenvalue weighted by Gasteiger charge is 2.30. The molecule has 11 heteroatoms. The maximum atomic E-state index is 11.6. The average Bonchev–Trinajstić information content (AvgIpc) is 2.59. The number of nitrogens with zero attached hydrogens (tertiary/aromatic N) is 2. The van der Waals surface area contributed by atoms with Crippen molar-refractivity contribution in [2.45, 2.75) is 64.8 Å². The van der Waals surface area contributed by atoms with Crippen LogP contribution >= 0.6 is 0 Å². The molecule has 0 saturated carbocycles. The minimum Gasteiger partial charge on any atom is -0.444 e. The predicted octanol–water partition coefficient (Wildman–Crippen LogP) is 2.79. The van der Waals surface area contributed by atoms with E-state index in [0.717, 1.165) is 18.8 Å². The lowest BCUT2D eigenvalue weighted by Gasteiger charge is -2.41. The largest absolute Gasteiger partial charge is 0.444 e. The van der Waals surface area contributed by atoms with Crippen LogP contribution in [0.4, 0.5) is 21.0 Å². The summed E-state index contributed by atoms with van der Waals surface area (Å²) in [5.41, 5.74) is 0.0678. The number of nitro groups is 1. The lowest BCUT2D eigenvalue weighted by Crippen LogP contribution is -2.60. The molecule has 0 radical (unpaired) electrons. The van der Waals surface area contributed by atoms with Crippen LogP contribution in [0, 0.1) is 10.1 Å². The van der Waals surface area contributed by atoms with Gasteiger partial charge in [0, 0.05) is 44.0 Å². The lowest BCUT2D eigenvalue weighted by molar-refractivity contribution is -0.384. The van der Waals surface area contributed by atoms with Crippen molar-refractivity contribution in [1.82, 2.24) is 16.0 Å². The van der Waals surface area contributed by atoms with Gasteiger partial charge in [-0.2, -0.15) is 0 Å². The second-order valence-corrected chi connectivity index (χ2v) is 10.0. The predicted molar refractivity (Wildman–Crippen MR) is 124 cm³/mol. The van der Waals surface area contributed by atoms with Gasteiger partial charge >= 0.3 is 12.2 Å². The molecule has 3 rings (SSSR count). The van der Waals surface area contributed by atoms with Crippen molar-refractivity contribution in [3.63, 3.8) is 0 Å². The van der Waals surface area contributed by atoms with Crippen molar-refractivity contribution in [1.29, 1.82) is 0 Å². The second kappa shape index (κ2) is 10.7. The third-order valence-electron chi connectivity index (χ3n) is 4.53. The van der Waals surface area contributed by atoms with E-state index in [2.05, 4.69) is 16.0 Å². The molecule has 2 aliphatic heterocycles. The molecule has 184 valence electrons. The number of benzene rings is 1. The number of nitro benzene ring substituents is 1. The van der Waals surface area contributed by atoms with Crippen LogP contribution in [0.3, 0.4) is 0 Å². The number of carbonyl (C=O) groups is 2. The maximum absolute atomic E-state index is 11.6. The number of anilines is 1. The Hall–Kier alpha value is -3.08. The summed E-state index contributed by atoms with van der Waals surface area (Å²) in [5.74, 6) is 0. The van der Waals surface area contributed by atoms with E-state index in [4.69, 9.17) is 9.47 Å². The standard InChI is InChI=1S/C14H19N3O4.C8H16N2O2/c1-14(2,3)21-13(18)15-10-8-16(9-10)11-4-6-12(7-5-11)17(19)20;1-8(2,3)12-7(11)10-6-4-9-5-6/h4-7,10H,8-9H2,1-3H3,(H,15,18);6,9H,4-5H2,1-3H3,(H,10,11). The van der Waals surface area contributed by atoms with E-state index in [-0.39, 0.29) is 23.9 Å². The molecular weight excluding hydrogens is 430 g/mol. The highest BCUT2D eigenvalue weighted by atomic mass is 16.6. The second-order valence-electron chi connectivity index (χ2n) is 10.0. The zero-order valence-corrected chi connectivity index (χ0v) is 20.1. The molecule has 0 unspecified atom stereocenters. The van der Waals surface area contributed by atoms with Gasteiger partial charge in [0.25, 0.3) is 5.69 Å². The fraction of sp³-hybridized carbons (Fsp3) is 0.636. The van der Waals surface area contributed by atoms with Crippen molar-refractivity contribution in [3.05, 3.63) is 34.4 Å². The average molecular weight is 466 g/mol. The number of rotatable bonds is 4. The molecular formula is C22H35N5O6.